The second-order valence-electron chi connectivity index (χ2n) is 5.33. The standard InChI is InChI=1S/C18H20N2O2/c1-14-6-5-7-17(12-14)22-11-4-3-10-20-15(2)8-9-16(13-19)18(20)21/h5-9,12H,3-4,10-11H2,1-2H3. The number of unbranched alkanes of at least 4 members (excludes halogenated alkanes) is 1. The smallest absolute Gasteiger partial charge is 0.268 e. The van der Waals surface area contributed by atoms with E-state index in [2.05, 4.69) is 0 Å². The van der Waals surface area contributed by atoms with Gasteiger partial charge >= 0.3 is 0 Å². The molecule has 1 aromatic carbocycles. The highest BCUT2D eigenvalue weighted by Gasteiger charge is 2.05. The molecule has 0 saturated carbocycles. The van der Waals surface area contributed by atoms with Crippen LogP contribution >= 0.6 is 0 Å². The average molecular weight is 296 g/mol. The summed E-state index contributed by atoms with van der Waals surface area (Å²) in [6.45, 7) is 5.14. The van der Waals surface area contributed by atoms with Gasteiger partial charge in [0.2, 0.25) is 0 Å². The van der Waals surface area contributed by atoms with E-state index in [9.17, 15) is 4.79 Å². The Morgan fingerprint density at radius 3 is 2.73 bits per heavy atom. The molecule has 22 heavy (non-hydrogen) atoms. The monoisotopic (exact) mass is 296 g/mol. The van der Waals surface area contributed by atoms with Crippen molar-refractivity contribution in [1.29, 1.82) is 5.26 Å². The van der Waals surface area contributed by atoms with Crippen LogP contribution < -0.4 is 10.3 Å². The summed E-state index contributed by atoms with van der Waals surface area (Å²) >= 11 is 0. The van der Waals surface area contributed by atoms with E-state index in [-0.39, 0.29) is 11.1 Å². The van der Waals surface area contributed by atoms with Gasteiger partial charge in [0.15, 0.2) is 0 Å². The van der Waals surface area contributed by atoms with Gasteiger partial charge in [-0.05, 0) is 56.5 Å². The minimum atomic E-state index is -0.206. The molecule has 1 aromatic heterocycles. The van der Waals surface area contributed by atoms with Crippen LogP contribution in [0.1, 0.15) is 29.7 Å². The number of aryl methyl sites for hydroxylation is 2. The topological polar surface area (TPSA) is 55.0 Å². The first-order valence-corrected chi connectivity index (χ1v) is 7.42. The number of nitriles is 1. The fourth-order valence-corrected chi connectivity index (χ4v) is 2.30. The molecule has 0 aliphatic carbocycles. The molecule has 0 unspecified atom stereocenters. The molecule has 0 amide bonds. The van der Waals surface area contributed by atoms with Gasteiger partial charge in [-0.15, -0.1) is 0 Å². The molecule has 0 spiro atoms. The highest BCUT2D eigenvalue weighted by molar-refractivity contribution is 5.28. The highest BCUT2D eigenvalue weighted by Crippen LogP contribution is 2.12. The average Bonchev–Trinajstić information content (AvgIpc) is 2.50. The summed E-state index contributed by atoms with van der Waals surface area (Å²) in [6.07, 6.45) is 1.69. The van der Waals surface area contributed by atoms with E-state index in [0.717, 1.165) is 24.3 Å². The molecule has 0 radical (unpaired) electrons. The Balaban J connectivity index is 1.85. The van der Waals surface area contributed by atoms with Crippen LogP contribution in [0.25, 0.3) is 0 Å². The number of aromatic nitrogens is 1. The third kappa shape index (κ3) is 3.98. The van der Waals surface area contributed by atoms with Crippen molar-refractivity contribution in [3.63, 3.8) is 0 Å². The maximum Gasteiger partial charge on any atom is 0.268 e. The molecule has 114 valence electrons. The zero-order valence-corrected chi connectivity index (χ0v) is 13.0. The van der Waals surface area contributed by atoms with E-state index in [1.165, 1.54) is 5.56 Å². The second-order valence-corrected chi connectivity index (χ2v) is 5.33. The van der Waals surface area contributed by atoms with Gasteiger partial charge < -0.3 is 9.30 Å². The van der Waals surface area contributed by atoms with E-state index in [1.807, 2.05) is 50.2 Å². The SMILES string of the molecule is Cc1cccc(OCCCCn2c(C)ccc(C#N)c2=O)c1. The van der Waals surface area contributed by atoms with Crippen LogP contribution in [0, 0.1) is 25.2 Å². The van der Waals surface area contributed by atoms with Gasteiger partial charge in [-0.1, -0.05) is 12.1 Å². The largest absolute Gasteiger partial charge is 0.494 e. The molecule has 4 nitrogen and oxygen atoms in total. The first-order chi connectivity index (χ1) is 10.6. The van der Waals surface area contributed by atoms with Gasteiger partial charge in [0.05, 0.1) is 6.61 Å². The number of nitrogens with zero attached hydrogens (tertiary/aromatic N) is 2. The van der Waals surface area contributed by atoms with Crippen molar-refractivity contribution >= 4 is 0 Å². The van der Waals surface area contributed by atoms with Crippen molar-refractivity contribution in [3.05, 3.63) is 63.6 Å². The summed E-state index contributed by atoms with van der Waals surface area (Å²) < 4.78 is 7.35. The Kier molecular flexibility index (Phi) is 5.37. The summed E-state index contributed by atoms with van der Waals surface area (Å²) in [5.74, 6) is 0.875. The summed E-state index contributed by atoms with van der Waals surface area (Å²) in [5, 5.41) is 8.91. The van der Waals surface area contributed by atoms with Crippen molar-refractivity contribution in [2.75, 3.05) is 6.61 Å². The maximum atomic E-state index is 12.1. The van der Waals surface area contributed by atoms with E-state index in [1.54, 1.807) is 10.6 Å². The quantitative estimate of drug-likeness (QED) is 0.769. The Hall–Kier alpha value is -2.54. The van der Waals surface area contributed by atoms with Crippen LogP contribution in [-0.4, -0.2) is 11.2 Å². The molecule has 2 aromatic rings. The Labute approximate surface area is 130 Å². The minimum absolute atomic E-state index is 0.196. The van der Waals surface area contributed by atoms with Crippen molar-refractivity contribution in [3.8, 4) is 11.8 Å². The Morgan fingerprint density at radius 2 is 2.00 bits per heavy atom. The zero-order chi connectivity index (χ0) is 15.9. The van der Waals surface area contributed by atoms with E-state index in [4.69, 9.17) is 10.00 Å². The lowest BCUT2D eigenvalue weighted by molar-refractivity contribution is 0.302. The molecule has 0 N–H and O–H groups in total. The first kappa shape index (κ1) is 15.8. The van der Waals surface area contributed by atoms with E-state index < -0.39 is 0 Å². The number of ether oxygens (including phenoxy) is 1. The van der Waals surface area contributed by atoms with Crippen molar-refractivity contribution < 1.29 is 4.74 Å². The third-order valence-corrected chi connectivity index (χ3v) is 3.55. The molecule has 2 rings (SSSR count). The van der Waals surface area contributed by atoms with Crippen molar-refractivity contribution in [1.82, 2.24) is 4.57 Å². The minimum Gasteiger partial charge on any atom is -0.494 e. The van der Waals surface area contributed by atoms with Crippen LogP contribution in [-0.2, 0) is 6.54 Å². The van der Waals surface area contributed by atoms with Crippen molar-refractivity contribution in [2.24, 2.45) is 0 Å². The number of hydrogen-bond donors (Lipinski definition) is 0. The molecule has 0 aliphatic rings. The van der Waals surface area contributed by atoms with Gasteiger partial charge in [0, 0.05) is 12.2 Å². The normalized spacial score (nSPS) is 10.2. The second kappa shape index (κ2) is 7.46. The summed E-state index contributed by atoms with van der Waals surface area (Å²) in [5.41, 5.74) is 2.04. The van der Waals surface area contributed by atoms with Crippen LogP contribution in [0.4, 0.5) is 0 Å². The third-order valence-electron chi connectivity index (χ3n) is 3.55. The molecule has 0 atom stereocenters. The van der Waals surface area contributed by atoms with E-state index >= 15 is 0 Å². The summed E-state index contributed by atoms with van der Waals surface area (Å²) in [7, 11) is 0. The number of rotatable bonds is 6. The maximum absolute atomic E-state index is 12.1. The van der Waals surface area contributed by atoms with Crippen LogP contribution in [0.2, 0.25) is 0 Å². The number of pyridine rings is 1. The molecule has 0 saturated heterocycles. The Morgan fingerprint density at radius 1 is 1.18 bits per heavy atom. The molecular weight excluding hydrogens is 276 g/mol. The lowest BCUT2D eigenvalue weighted by atomic mass is 10.2. The molecule has 1 heterocycles. The molecule has 4 heteroatoms. The van der Waals surface area contributed by atoms with Crippen LogP contribution in [0.3, 0.4) is 0 Å². The predicted molar refractivity (Wildman–Crippen MR) is 86.1 cm³/mol. The fourth-order valence-electron chi connectivity index (χ4n) is 2.30. The number of hydrogen-bond acceptors (Lipinski definition) is 3. The molecule has 0 aliphatic heterocycles. The number of benzene rings is 1. The molecule has 0 bridgehead atoms. The highest BCUT2D eigenvalue weighted by atomic mass is 16.5. The first-order valence-electron chi connectivity index (χ1n) is 7.42. The van der Waals surface area contributed by atoms with E-state index in [0.29, 0.717) is 13.2 Å². The lowest BCUT2D eigenvalue weighted by Crippen LogP contribution is -2.24. The van der Waals surface area contributed by atoms with Crippen LogP contribution in [0.15, 0.2) is 41.2 Å². The van der Waals surface area contributed by atoms with Gasteiger partial charge in [-0.3, -0.25) is 4.79 Å². The fraction of sp³-hybridized carbons (Fsp3) is 0.333. The van der Waals surface area contributed by atoms with Gasteiger partial charge in [0.25, 0.3) is 5.56 Å². The van der Waals surface area contributed by atoms with Crippen molar-refractivity contribution in [2.45, 2.75) is 33.2 Å². The molecule has 0 fully saturated rings. The molecular formula is C18H20N2O2. The zero-order valence-electron chi connectivity index (χ0n) is 13.0. The van der Waals surface area contributed by atoms with Gasteiger partial charge in [-0.2, -0.15) is 5.26 Å². The van der Waals surface area contributed by atoms with Gasteiger partial charge in [0.1, 0.15) is 17.4 Å². The van der Waals surface area contributed by atoms with Gasteiger partial charge in [-0.25, -0.2) is 0 Å². The Bertz CT molecular complexity index is 741. The predicted octanol–water partition coefficient (Wildman–Crippen LogP) is 3.20. The summed E-state index contributed by atoms with van der Waals surface area (Å²) in [4.78, 5) is 12.1. The lowest BCUT2D eigenvalue weighted by Gasteiger charge is -2.10. The van der Waals surface area contributed by atoms with Crippen LogP contribution in [0.5, 0.6) is 5.75 Å². The summed E-state index contributed by atoms with van der Waals surface area (Å²) in [6, 6.07) is 13.3.